The highest BCUT2D eigenvalue weighted by atomic mass is 35.5. The lowest BCUT2D eigenvalue weighted by Gasteiger charge is -2.34. The minimum atomic E-state index is -0.0315. The predicted octanol–water partition coefficient (Wildman–Crippen LogP) is 2.54. The van der Waals surface area contributed by atoms with Crippen LogP contribution in [0.3, 0.4) is 0 Å². The van der Waals surface area contributed by atoms with Gasteiger partial charge >= 0.3 is 0 Å². The number of para-hydroxylation sites is 1. The third kappa shape index (κ3) is 4.52. The van der Waals surface area contributed by atoms with Crippen LogP contribution in [0.15, 0.2) is 59.5 Å². The van der Waals surface area contributed by atoms with Gasteiger partial charge < -0.3 is 4.74 Å². The molecule has 3 heterocycles. The summed E-state index contributed by atoms with van der Waals surface area (Å²) in [6, 6.07) is 14.8. The lowest BCUT2D eigenvalue weighted by Crippen LogP contribution is -2.47. The molecule has 1 aliphatic heterocycles. The molecule has 0 aliphatic carbocycles. The van der Waals surface area contributed by atoms with Gasteiger partial charge in [0.1, 0.15) is 18.0 Å². The molecular formula is C21H23ClN4O2. The van der Waals surface area contributed by atoms with Crippen molar-refractivity contribution in [2.45, 2.75) is 6.54 Å². The van der Waals surface area contributed by atoms with Gasteiger partial charge in [-0.25, -0.2) is 4.98 Å². The summed E-state index contributed by atoms with van der Waals surface area (Å²) in [7, 11) is 0. The molecule has 0 saturated carbocycles. The first-order valence-corrected chi connectivity index (χ1v) is 9.86. The molecule has 1 saturated heterocycles. The summed E-state index contributed by atoms with van der Waals surface area (Å²) in [6.07, 6.45) is 1.75. The van der Waals surface area contributed by atoms with E-state index in [1.54, 1.807) is 16.7 Å². The van der Waals surface area contributed by atoms with Crippen molar-refractivity contribution in [3.05, 3.63) is 75.8 Å². The van der Waals surface area contributed by atoms with Crippen LogP contribution in [0.25, 0.3) is 5.65 Å². The minimum absolute atomic E-state index is 0.0315. The monoisotopic (exact) mass is 398 g/mol. The number of halogens is 1. The van der Waals surface area contributed by atoms with Crippen LogP contribution in [-0.2, 0) is 6.54 Å². The predicted molar refractivity (Wildman–Crippen MR) is 110 cm³/mol. The Kier molecular flexibility index (Phi) is 5.90. The number of hydrogen-bond acceptors (Lipinski definition) is 5. The Bertz CT molecular complexity index is 999. The second-order valence-corrected chi connectivity index (χ2v) is 7.32. The molecule has 0 bridgehead atoms. The fourth-order valence-electron chi connectivity index (χ4n) is 3.43. The summed E-state index contributed by atoms with van der Waals surface area (Å²) in [6.45, 7) is 6.02. The molecule has 7 heteroatoms. The molecule has 0 N–H and O–H groups in total. The molecule has 0 spiro atoms. The van der Waals surface area contributed by atoms with Gasteiger partial charge in [-0.15, -0.1) is 0 Å². The number of pyridine rings is 1. The highest BCUT2D eigenvalue weighted by molar-refractivity contribution is 6.32. The summed E-state index contributed by atoms with van der Waals surface area (Å²) in [5.41, 5.74) is 1.49. The van der Waals surface area contributed by atoms with Crippen LogP contribution in [0, 0.1) is 0 Å². The molecule has 1 aliphatic rings. The molecule has 2 aromatic heterocycles. The Morgan fingerprint density at radius 3 is 2.57 bits per heavy atom. The van der Waals surface area contributed by atoms with Crippen LogP contribution in [0.4, 0.5) is 0 Å². The van der Waals surface area contributed by atoms with Crippen molar-refractivity contribution in [2.24, 2.45) is 0 Å². The Labute approximate surface area is 168 Å². The van der Waals surface area contributed by atoms with Crippen LogP contribution < -0.4 is 10.3 Å². The summed E-state index contributed by atoms with van der Waals surface area (Å²) in [4.78, 5) is 21.6. The highest BCUT2D eigenvalue weighted by Crippen LogP contribution is 2.22. The van der Waals surface area contributed by atoms with Crippen LogP contribution in [0.2, 0.25) is 5.02 Å². The third-order valence-corrected chi connectivity index (χ3v) is 5.29. The van der Waals surface area contributed by atoms with Gasteiger partial charge in [0.2, 0.25) is 0 Å². The Hall–Kier alpha value is -2.41. The van der Waals surface area contributed by atoms with Crippen molar-refractivity contribution >= 4 is 17.2 Å². The van der Waals surface area contributed by atoms with Crippen LogP contribution in [0.5, 0.6) is 5.75 Å². The van der Waals surface area contributed by atoms with E-state index >= 15 is 0 Å². The highest BCUT2D eigenvalue weighted by Gasteiger charge is 2.18. The number of ether oxygens (including phenoxy) is 1. The number of piperazine rings is 1. The number of aromatic nitrogens is 2. The zero-order valence-electron chi connectivity index (χ0n) is 15.6. The largest absolute Gasteiger partial charge is 0.491 e. The topological polar surface area (TPSA) is 50.1 Å². The van der Waals surface area contributed by atoms with E-state index < -0.39 is 0 Å². The number of rotatable bonds is 6. The van der Waals surface area contributed by atoms with Gasteiger partial charge in [-0.1, -0.05) is 29.8 Å². The summed E-state index contributed by atoms with van der Waals surface area (Å²) in [5, 5.41) is 0.645. The molecule has 28 heavy (non-hydrogen) atoms. The second kappa shape index (κ2) is 8.73. The van der Waals surface area contributed by atoms with Gasteiger partial charge in [0.05, 0.1) is 10.7 Å². The van der Waals surface area contributed by atoms with Crippen LogP contribution >= 0.6 is 11.6 Å². The van der Waals surface area contributed by atoms with Gasteiger partial charge in [-0.2, -0.15) is 0 Å². The minimum Gasteiger partial charge on any atom is -0.491 e. The Balaban J connectivity index is 1.26. The van der Waals surface area contributed by atoms with Crippen molar-refractivity contribution in [3.8, 4) is 5.75 Å². The zero-order valence-corrected chi connectivity index (χ0v) is 16.4. The van der Waals surface area contributed by atoms with Crippen molar-refractivity contribution in [1.82, 2.24) is 19.2 Å². The first-order valence-electron chi connectivity index (χ1n) is 9.48. The van der Waals surface area contributed by atoms with Gasteiger partial charge in [0.25, 0.3) is 5.56 Å². The number of fused-ring (bicyclic) bond motifs is 1. The molecule has 0 unspecified atom stereocenters. The number of benzene rings is 1. The third-order valence-electron chi connectivity index (χ3n) is 4.98. The standard InChI is InChI=1S/C21H23ClN4O2/c22-18-5-1-2-6-19(18)28-14-13-24-9-11-25(12-10-24)16-17-15-21(27)26-8-4-3-7-20(26)23-17/h1-8,15H,9-14,16H2. The van der Waals surface area contributed by atoms with E-state index in [1.165, 1.54) is 0 Å². The van der Waals surface area contributed by atoms with Crippen LogP contribution in [0.1, 0.15) is 5.69 Å². The quantitative estimate of drug-likeness (QED) is 0.638. The maximum absolute atomic E-state index is 12.2. The van der Waals surface area contributed by atoms with Gasteiger partial charge in [0.15, 0.2) is 0 Å². The second-order valence-electron chi connectivity index (χ2n) is 6.91. The summed E-state index contributed by atoms with van der Waals surface area (Å²) < 4.78 is 7.35. The fourth-order valence-corrected chi connectivity index (χ4v) is 3.62. The smallest absolute Gasteiger partial charge is 0.258 e. The van der Waals surface area contributed by atoms with E-state index in [4.69, 9.17) is 16.3 Å². The zero-order chi connectivity index (χ0) is 19.3. The number of hydrogen-bond donors (Lipinski definition) is 0. The lowest BCUT2D eigenvalue weighted by molar-refractivity contribution is 0.112. The molecule has 1 fully saturated rings. The van der Waals surface area contributed by atoms with Gasteiger partial charge in [-0.05, 0) is 24.3 Å². The maximum Gasteiger partial charge on any atom is 0.258 e. The van der Waals surface area contributed by atoms with Crippen molar-refractivity contribution in [1.29, 1.82) is 0 Å². The Morgan fingerprint density at radius 1 is 1.00 bits per heavy atom. The Morgan fingerprint density at radius 2 is 1.75 bits per heavy atom. The molecular weight excluding hydrogens is 376 g/mol. The van der Waals surface area contributed by atoms with E-state index in [1.807, 2.05) is 42.5 Å². The molecule has 3 aromatic rings. The molecule has 0 atom stereocenters. The fraction of sp³-hybridized carbons (Fsp3) is 0.333. The first-order chi connectivity index (χ1) is 13.7. The summed E-state index contributed by atoms with van der Waals surface area (Å²) in [5.74, 6) is 0.733. The SMILES string of the molecule is O=c1cc(CN2CCN(CCOc3ccccc3Cl)CC2)nc2ccccn12. The van der Waals surface area contributed by atoms with E-state index in [0.717, 1.165) is 44.2 Å². The van der Waals surface area contributed by atoms with E-state index in [9.17, 15) is 4.79 Å². The average Bonchev–Trinajstić information content (AvgIpc) is 2.71. The number of nitrogens with zero attached hydrogens (tertiary/aromatic N) is 4. The van der Waals surface area contributed by atoms with Crippen LogP contribution in [-0.4, -0.2) is 58.5 Å². The summed E-state index contributed by atoms with van der Waals surface area (Å²) >= 11 is 6.11. The van der Waals surface area contributed by atoms with Crippen molar-refractivity contribution in [2.75, 3.05) is 39.3 Å². The van der Waals surface area contributed by atoms with Crippen molar-refractivity contribution < 1.29 is 4.74 Å². The van der Waals surface area contributed by atoms with E-state index in [0.29, 0.717) is 23.8 Å². The van der Waals surface area contributed by atoms with E-state index in [-0.39, 0.29) is 5.56 Å². The van der Waals surface area contributed by atoms with E-state index in [2.05, 4.69) is 14.8 Å². The average molecular weight is 399 g/mol. The molecule has 6 nitrogen and oxygen atoms in total. The molecule has 4 rings (SSSR count). The van der Waals surface area contributed by atoms with Crippen molar-refractivity contribution in [3.63, 3.8) is 0 Å². The lowest BCUT2D eigenvalue weighted by atomic mass is 10.2. The van der Waals surface area contributed by atoms with Gasteiger partial charge in [0, 0.05) is 51.5 Å². The maximum atomic E-state index is 12.2. The molecule has 1 aromatic carbocycles. The van der Waals surface area contributed by atoms with Gasteiger partial charge in [-0.3, -0.25) is 19.0 Å². The first kappa shape index (κ1) is 18.9. The molecule has 0 radical (unpaired) electrons. The normalized spacial score (nSPS) is 15.8. The molecule has 0 amide bonds. The molecule has 146 valence electrons.